The summed E-state index contributed by atoms with van der Waals surface area (Å²) in [6, 6.07) is -0.0281. The van der Waals surface area contributed by atoms with E-state index in [-0.39, 0.29) is 23.8 Å². The van der Waals surface area contributed by atoms with Crippen LogP contribution in [0.15, 0.2) is 0 Å². The molecule has 1 unspecified atom stereocenters. The van der Waals surface area contributed by atoms with Gasteiger partial charge in [0.2, 0.25) is 5.91 Å². The maximum atomic E-state index is 11.5. The predicted octanol–water partition coefficient (Wildman–Crippen LogP) is -0.630. The van der Waals surface area contributed by atoms with E-state index in [0.29, 0.717) is 13.1 Å². The van der Waals surface area contributed by atoms with E-state index in [1.165, 1.54) is 7.11 Å². The predicted molar refractivity (Wildman–Crippen MR) is 53.1 cm³/mol. The molecule has 2 fully saturated rings. The molecule has 5 heteroatoms. The number of fused-ring (bicyclic) bond motifs is 1. The monoisotopic (exact) mass is 212 g/mol. The van der Waals surface area contributed by atoms with E-state index < -0.39 is 0 Å². The Bertz CT molecular complexity index is 280. The van der Waals surface area contributed by atoms with Gasteiger partial charge < -0.3 is 10.1 Å². The summed E-state index contributed by atoms with van der Waals surface area (Å²) >= 11 is 0. The number of piperidine rings is 1. The number of carbonyl (C=O) groups excluding carboxylic acids is 2. The Morgan fingerprint density at radius 1 is 1.53 bits per heavy atom. The molecule has 2 heterocycles. The fourth-order valence-corrected chi connectivity index (χ4v) is 2.39. The van der Waals surface area contributed by atoms with Crippen LogP contribution in [0.25, 0.3) is 0 Å². The number of ether oxygens (including phenoxy) is 1. The van der Waals surface area contributed by atoms with Gasteiger partial charge in [-0.05, 0) is 12.8 Å². The Balaban J connectivity index is 1.99. The molecule has 0 aromatic rings. The third kappa shape index (κ3) is 1.97. The number of hydrogen-bond donors (Lipinski definition) is 1. The fraction of sp³-hybridized carbons (Fsp3) is 0.800. The van der Waals surface area contributed by atoms with Crippen LogP contribution in [0.4, 0.5) is 0 Å². The lowest BCUT2D eigenvalue weighted by Gasteiger charge is -2.40. The van der Waals surface area contributed by atoms with Gasteiger partial charge >= 0.3 is 5.97 Å². The van der Waals surface area contributed by atoms with Crippen molar-refractivity contribution in [2.75, 3.05) is 26.7 Å². The molecule has 2 rings (SSSR count). The molecule has 0 aromatic carbocycles. The molecule has 2 atom stereocenters. The Kier molecular flexibility index (Phi) is 2.90. The van der Waals surface area contributed by atoms with E-state index in [2.05, 4.69) is 10.2 Å². The summed E-state index contributed by atoms with van der Waals surface area (Å²) in [6.45, 7) is 2.18. The number of hydrogen-bond acceptors (Lipinski definition) is 4. The van der Waals surface area contributed by atoms with Gasteiger partial charge in [-0.1, -0.05) is 0 Å². The summed E-state index contributed by atoms with van der Waals surface area (Å²) in [7, 11) is 1.41. The minimum absolute atomic E-state index is 0.0281. The van der Waals surface area contributed by atoms with Crippen molar-refractivity contribution in [3.63, 3.8) is 0 Å². The molecule has 0 radical (unpaired) electrons. The van der Waals surface area contributed by atoms with Crippen LogP contribution >= 0.6 is 0 Å². The van der Waals surface area contributed by atoms with Gasteiger partial charge in [-0.2, -0.15) is 0 Å². The quantitative estimate of drug-likeness (QED) is 0.588. The number of rotatable bonds is 1. The molecule has 2 aliphatic heterocycles. The van der Waals surface area contributed by atoms with Crippen molar-refractivity contribution in [3.05, 3.63) is 0 Å². The Labute approximate surface area is 88.8 Å². The topological polar surface area (TPSA) is 58.6 Å². The second-order valence-electron chi connectivity index (χ2n) is 4.10. The number of amides is 1. The molecule has 0 bridgehead atoms. The summed E-state index contributed by atoms with van der Waals surface area (Å²) in [6.07, 6.45) is 1.51. The Hall–Kier alpha value is -1.10. The van der Waals surface area contributed by atoms with Gasteiger partial charge in [0.1, 0.15) is 0 Å². The smallest absolute Gasteiger partial charge is 0.309 e. The number of esters is 1. The van der Waals surface area contributed by atoms with Crippen LogP contribution in [-0.4, -0.2) is 49.6 Å². The van der Waals surface area contributed by atoms with E-state index in [4.69, 9.17) is 4.74 Å². The maximum absolute atomic E-state index is 11.5. The fourth-order valence-electron chi connectivity index (χ4n) is 2.39. The van der Waals surface area contributed by atoms with Gasteiger partial charge in [0.25, 0.3) is 0 Å². The first kappa shape index (κ1) is 10.4. The lowest BCUT2D eigenvalue weighted by atomic mass is 9.91. The molecular formula is C10H16N2O3. The highest BCUT2D eigenvalue weighted by Gasteiger charge is 2.37. The molecule has 1 amide bonds. The molecule has 1 N–H and O–H groups in total. The summed E-state index contributed by atoms with van der Waals surface area (Å²) in [5, 5.41) is 2.84. The standard InChI is InChI=1S/C10H16N2O3/c1-15-10(14)7-2-3-8-9(13)11-4-5-12(8)6-7/h7-8H,2-6H2,1H3,(H,11,13)/t7-,8?/m0/s1. The first-order chi connectivity index (χ1) is 7.22. The highest BCUT2D eigenvalue weighted by Crippen LogP contribution is 2.24. The SMILES string of the molecule is COC(=O)[C@H]1CCC2C(=O)NCCN2C1. The normalized spacial score (nSPS) is 31.7. The zero-order valence-electron chi connectivity index (χ0n) is 8.86. The highest BCUT2D eigenvalue weighted by atomic mass is 16.5. The second kappa shape index (κ2) is 4.18. The number of carbonyl (C=O) groups is 2. The molecule has 84 valence electrons. The van der Waals surface area contributed by atoms with Crippen LogP contribution in [0, 0.1) is 5.92 Å². The highest BCUT2D eigenvalue weighted by molar-refractivity contribution is 5.83. The second-order valence-corrected chi connectivity index (χ2v) is 4.10. The zero-order chi connectivity index (χ0) is 10.8. The van der Waals surface area contributed by atoms with Crippen molar-refractivity contribution >= 4 is 11.9 Å². The molecule has 2 saturated heterocycles. The van der Waals surface area contributed by atoms with Gasteiger partial charge in [-0.15, -0.1) is 0 Å². The third-order valence-electron chi connectivity index (χ3n) is 3.22. The average Bonchev–Trinajstić information content (AvgIpc) is 2.28. The molecule has 0 aliphatic carbocycles. The number of methoxy groups -OCH3 is 1. The first-order valence-electron chi connectivity index (χ1n) is 5.32. The maximum Gasteiger partial charge on any atom is 0.309 e. The van der Waals surface area contributed by atoms with Crippen molar-refractivity contribution in [3.8, 4) is 0 Å². The van der Waals surface area contributed by atoms with Gasteiger partial charge in [0.15, 0.2) is 0 Å². The van der Waals surface area contributed by atoms with Gasteiger partial charge in [0, 0.05) is 19.6 Å². The van der Waals surface area contributed by atoms with E-state index in [1.54, 1.807) is 0 Å². The largest absolute Gasteiger partial charge is 0.469 e. The van der Waals surface area contributed by atoms with Gasteiger partial charge in [-0.3, -0.25) is 14.5 Å². The van der Waals surface area contributed by atoms with Gasteiger partial charge in [-0.25, -0.2) is 0 Å². The van der Waals surface area contributed by atoms with Crippen LogP contribution in [0.1, 0.15) is 12.8 Å². The summed E-state index contributed by atoms with van der Waals surface area (Å²) in [5.74, 6) is -0.110. The molecule has 5 nitrogen and oxygen atoms in total. The zero-order valence-corrected chi connectivity index (χ0v) is 8.86. The lowest BCUT2D eigenvalue weighted by Crippen LogP contribution is -2.59. The van der Waals surface area contributed by atoms with Crippen molar-refractivity contribution in [1.82, 2.24) is 10.2 Å². The van der Waals surface area contributed by atoms with E-state index in [1.807, 2.05) is 0 Å². The minimum Gasteiger partial charge on any atom is -0.469 e. The molecule has 0 aromatic heterocycles. The van der Waals surface area contributed by atoms with Crippen LogP contribution in [0.2, 0.25) is 0 Å². The van der Waals surface area contributed by atoms with E-state index in [0.717, 1.165) is 19.4 Å². The summed E-state index contributed by atoms with van der Waals surface area (Å²) in [5.41, 5.74) is 0. The van der Waals surface area contributed by atoms with Crippen molar-refractivity contribution in [1.29, 1.82) is 0 Å². The molecule has 0 spiro atoms. The summed E-state index contributed by atoms with van der Waals surface area (Å²) < 4.78 is 4.73. The molecular weight excluding hydrogens is 196 g/mol. The lowest BCUT2D eigenvalue weighted by molar-refractivity contribution is -0.150. The number of piperazine rings is 1. The Morgan fingerprint density at radius 2 is 2.33 bits per heavy atom. The molecule has 15 heavy (non-hydrogen) atoms. The minimum atomic E-state index is -0.153. The first-order valence-corrected chi connectivity index (χ1v) is 5.32. The van der Waals surface area contributed by atoms with Crippen LogP contribution in [-0.2, 0) is 14.3 Å². The van der Waals surface area contributed by atoms with E-state index >= 15 is 0 Å². The van der Waals surface area contributed by atoms with Crippen molar-refractivity contribution in [2.24, 2.45) is 5.92 Å². The third-order valence-corrected chi connectivity index (χ3v) is 3.22. The van der Waals surface area contributed by atoms with Gasteiger partial charge in [0.05, 0.1) is 19.1 Å². The van der Waals surface area contributed by atoms with Crippen LogP contribution in [0.3, 0.4) is 0 Å². The molecule has 2 aliphatic rings. The van der Waals surface area contributed by atoms with E-state index in [9.17, 15) is 9.59 Å². The Morgan fingerprint density at radius 3 is 3.07 bits per heavy atom. The van der Waals surface area contributed by atoms with Crippen LogP contribution in [0.5, 0.6) is 0 Å². The number of nitrogens with zero attached hydrogens (tertiary/aromatic N) is 1. The summed E-state index contributed by atoms with van der Waals surface area (Å²) in [4.78, 5) is 25.0. The van der Waals surface area contributed by atoms with Crippen molar-refractivity contribution in [2.45, 2.75) is 18.9 Å². The average molecular weight is 212 g/mol. The number of nitrogens with one attached hydrogen (secondary N) is 1. The van der Waals surface area contributed by atoms with Crippen molar-refractivity contribution < 1.29 is 14.3 Å². The molecule has 0 saturated carbocycles. The van der Waals surface area contributed by atoms with Crippen LogP contribution < -0.4 is 5.32 Å².